The van der Waals surface area contributed by atoms with Gasteiger partial charge in [0.15, 0.2) is 0 Å². The predicted molar refractivity (Wildman–Crippen MR) is 48.1 cm³/mol. The van der Waals surface area contributed by atoms with E-state index < -0.39 is 11.5 Å². The normalized spacial score (nSPS) is 15.0. The lowest BCUT2D eigenvalue weighted by Crippen LogP contribution is -2.41. The number of nitrogens with zero attached hydrogens (tertiary/aromatic N) is 1. The summed E-state index contributed by atoms with van der Waals surface area (Å²) in [6.07, 6.45) is 3.13. The predicted octanol–water partition coefficient (Wildman–Crippen LogP) is 0.649. The highest BCUT2D eigenvalue weighted by Gasteiger charge is 2.30. The molecule has 1 rings (SSSR count). The highest BCUT2D eigenvalue weighted by atomic mass is 16.4. The largest absolute Gasteiger partial charge is 0.480 e. The van der Waals surface area contributed by atoms with Crippen molar-refractivity contribution in [3.8, 4) is 0 Å². The third-order valence-electron chi connectivity index (χ3n) is 1.92. The molecule has 0 aliphatic rings. The lowest BCUT2D eigenvalue weighted by atomic mass is 9.94. The summed E-state index contributed by atoms with van der Waals surface area (Å²) in [4.78, 5) is 14.7. The molecule has 0 radical (unpaired) electrons. The van der Waals surface area contributed by atoms with Crippen molar-refractivity contribution >= 4 is 5.97 Å². The molecule has 4 heteroatoms. The Kier molecular flexibility index (Phi) is 2.34. The standard InChI is InChI=1S/C9H12N2O2/c1-6-3-7(5-11-4-6)9(2,10)8(12)13/h3-5H,10H2,1-2H3,(H,12,13)/t9-/m0/s1. The Hall–Kier alpha value is -1.42. The molecule has 0 bridgehead atoms. The van der Waals surface area contributed by atoms with E-state index in [1.807, 2.05) is 6.92 Å². The number of hydrogen-bond acceptors (Lipinski definition) is 3. The van der Waals surface area contributed by atoms with Crippen LogP contribution in [0.1, 0.15) is 18.1 Å². The first kappa shape index (κ1) is 9.67. The lowest BCUT2D eigenvalue weighted by molar-refractivity contribution is -0.143. The van der Waals surface area contributed by atoms with Gasteiger partial charge in [0.2, 0.25) is 0 Å². The zero-order valence-electron chi connectivity index (χ0n) is 7.61. The molecule has 4 nitrogen and oxygen atoms in total. The van der Waals surface area contributed by atoms with Crippen LogP contribution in [0.5, 0.6) is 0 Å². The molecule has 3 N–H and O–H groups in total. The summed E-state index contributed by atoms with van der Waals surface area (Å²) in [7, 11) is 0. The summed E-state index contributed by atoms with van der Waals surface area (Å²) < 4.78 is 0. The summed E-state index contributed by atoms with van der Waals surface area (Å²) in [5, 5.41) is 8.83. The van der Waals surface area contributed by atoms with Gasteiger partial charge < -0.3 is 10.8 Å². The van der Waals surface area contributed by atoms with Gasteiger partial charge in [-0.15, -0.1) is 0 Å². The maximum atomic E-state index is 10.8. The van der Waals surface area contributed by atoms with Crippen LogP contribution in [0.25, 0.3) is 0 Å². The second-order valence-corrected chi connectivity index (χ2v) is 3.26. The molecule has 1 atom stereocenters. The molecule has 0 aliphatic carbocycles. The molecular formula is C9H12N2O2. The molecule has 70 valence electrons. The van der Waals surface area contributed by atoms with E-state index in [0.29, 0.717) is 5.56 Å². The molecule has 0 fully saturated rings. The van der Waals surface area contributed by atoms with Crippen molar-refractivity contribution < 1.29 is 9.90 Å². The van der Waals surface area contributed by atoms with Crippen molar-refractivity contribution in [3.05, 3.63) is 29.6 Å². The van der Waals surface area contributed by atoms with E-state index in [1.54, 1.807) is 12.3 Å². The zero-order valence-corrected chi connectivity index (χ0v) is 7.61. The maximum Gasteiger partial charge on any atom is 0.328 e. The smallest absolute Gasteiger partial charge is 0.328 e. The van der Waals surface area contributed by atoms with Crippen LogP contribution in [-0.2, 0) is 10.3 Å². The molecule has 0 saturated heterocycles. The number of aliphatic carboxylic acids is 1. The van der Waals surface area contributed by atoms with Crippen molar-refractivity contribution in [2.45, 2.75) is 19.4 Å². The Bertz CT molecular complexity index is 334. The minimum absolute atomic E-state index is 0.514. The summed E-state index contributed by atoms with van der Waals surface area (Å²) in [5.74, 6) is -1.06. The fourth-order valence-electron chi connectivity index (χ4n) is 0.962. The first-order valence-corrected chi connectivity index (χ1v) is 3.89. The Morgan fingerprint density at radius 3 is 2.69 bits per heavy atom. The summed E-state index contributed by atoms with van der Waals surface area (Å²) >= 11 is 0. The monoisotopic (exact) mass is 180 g/mol. The average Bonchev–Trinajstić information content (AvgIpc) is 2.04. The van der Waals surface area contributed by atoms with E-state index >= 15 is 0 Å². The van der Waals surface area contributed by atoms with E-state index in [4.69, 9.17) is 10.8 Å². The van der Waals surface area contributed by atoms with Gasteiger partial charge in [-0.05, 0) is 19.4 Å². The maximum absolute atomic E-state index is 10.8. The first-order valence-electron chi connectivity index (χ1n) is 3.89. The number of carboxylic acid groups (broad SMARTS) is 1. The van der Waals surface area contributed by atoms with Crippen LogP contribution in [0.15, 0.2) is 18.5 Å². The summed E-state index contributed by atoms with van der Waals surface area (Å²) in [6.45, 7) is 3.29. The Morgan fingerprint density at radius 2 is 2.23 bits per heavy atom. The van der Waals surface area contributed by atoms with Crippen molar-refractivity contribution in [3.63, 3.8) is 0 Å². The van der Waals surface area contributed by atoms with Crippen LogP contribution in [0, 0.1) is 6.92 Å². The Morgan fingerprint density at radius 1 is 1.62 bits per heavy atom. The third kappa shape index (κ3) is 1.84. The topological polar surface area (TPSA) is 76.2 Å². The van der Waals surface area contributed by atoms with Gasteiger partial charge in [-0.1, -0.05) is 6.07 Å². The Labute approximate surface area is 76.4 Å². The van der Waals surface area contributed by atoms with Crippen molar-refractivity contribution in [1.29, 1.82) is 0 Å². The van der Waals surface area contributed by atoms with Crippen LogP contribution in [0.2, 0.25) is 0 Å². The molecule has 13 heavy (non-hydrogen) atoms. The first-order chi connectivity index (χ1) is 5.94. The van der Waals surface area contributed by atoms with Gasteiger partial charge in [0.1, 0.15) is 5.54 Å². The molecule has 1 aromatic heterocycles. The molecule has 0 amide bonds. The molecule has 0 spiro atoms. The third-order valence-corrected chi connectivity index (χ3v) is 1.92. The van der Waals surface area contributed by atoms with E-state index in [2.05, 4.69) is 4.98 Å². The van der Waals surface area contributed by atoms with Crippen LogP contribution in [0.3, 0.4) is 0 Å². The van der Waals surface area contributed by atoms with E-state index in [-0.39, 0.29) is 0 Å². The van der Waals surface area contributed by atoms with Crippen molar-refractivity contribution in [2.75, 3.05) is 0 Å². The second kappa shape index (κ2) is 3.14. The number of pyridine rings is 1. The fraction of sp³-hybridized carbons (Fsp3) is 0.333. The Balaban J connectivity index is 3.14. The van der Waals surface area contributed by atoms with Crippen LogP contribution >= 0.6 is 0 Å². The minimum Gasteiger partial charge on any atom is -0.480 e. The van der Waals surface area contributed by atoms with Gasteiger partial charge in [-0.3, -0.25) is 4.98 Å². The van der Waals surface area contributed by atoms with Gasteiger partial charge >= 0.3 is 5.97 Å². The quantitative estimate of drug-likeness (QED) is 0.700. The highest BCUT2D eigenvalue weighted by Crippen LogP contribution is 2.17. The van der Waals surface area contributed by atoms with E-state index in [1.165, 1.54) is 13.1 Å². The number of aryl methyl sites for hydroxylation is 1. The van der Waals surface area contributed by atoms with Gasteiger partial charge in [-0.25, -0.2) is 4.79 Å². The second-order valence-electron chi connectivity index (χ2n) is 3.26. The van der Waals surface area contributed by atoms with Crippen LogP contribution in [-0.4, -0.2) is 16.1 Å². The van der Waals surface area contributed by atoms with Gasteiger partial charge in [0.05, 0.1) is 0 Å². The summed E-state index contributed by atoms with van der Waals surface area (Å²) in [5.41, 5.74) is 5.66. The molecule has 1 aromatic rings. The number of rotatable bonds is 2. The number of aromatic nitrogens is 1. The van der Waals surface area contributed by atoms with Crippen LogP contribution < -0.4 is 5.73 Å². The molecule has 0 aliphatic heterocycles. The number of carbonyl (C=O) groups is 1. The molecule has 0 saturated carbocycles. The average molecular weight is 180 g/mol. The van der Waals surface area contributed by atoms with Crippen LogP contribution in [0.4, 0.5) is 0 Å². The SMILES string of the molecule is Cc1cncc([C@](C)(N)C(=O)O)c1. The van der Waals surface area contributed by atoms with E-state index in [9.17, 15) is 4.79 Å². The number of hydrogen-bond donors (Lipinski definition) is 2. The summed E-state index contributed by atoms with van der Waals surface area (Å²) in [6, 6.07) is 1.72. The lowest BCUT2D eigenvalue weighted by Gasteiger charge is -2.19. The van der Waals surface area contributed by atoms with Gasteiger partial charge in [-0.2, -0.15) is 0 Å². The van der Waals surface area contributed by atoms with E-state index in [0.717, 1.165) is 5.56 Å². The molecule has 0 aromatic carbocycles. The molecular weight excluding hydrogens is 168 g/mol. The molecule has 0 unspecified atom stereocenters. The molecule has 1 heterocycles. The van der Waals surface area contributed by atoms with Gasteiger partial charge in [0.25, 0.3) is 0 Å². The number of carboxylic acids is 1. The highest BCUT2D eigenvalue weighted by molar-refractivity contribution is 5.79. The van der Waals surface area contributed by atoms with Crippen molar-refractivity contribution in [1.82, 2.24) is 4.98 Å². The van der Waals surface area contributed by atoms with Gasteiger partial charge in [0, 0.05) is 18.0 Å². The fourth-order valence-corrected chi connectivity index (χ4v) is 0.962. The zero-order chi connectivity index (χ0) is 10.1. The van der Waals surface area contributed by atoms with Crippen molar-refractivity contribution in [2.24, 2.45) is 5.73 Å². The number of nitrogens with two attached hydrogens (primary N) is 1. The minimum atomic E-state index is -1.36.